The Kier molecular flexibility index (Phi) is 6.67. The van der Waals surface area contributed by atoms with Gasteiger partial charge in [0.05, 0.1) is 5.75 Å². The van der Waals surface area contributed by atoms with Crippen molar-refractivity contribution in [2.45, 2.75) is 11.7 Å². The lowest BCUT2D eigenvalue weighted by atomic mass is 10.1. The summed E-state index contributed by atoms with van der Waals surface area (Å²) in [6.07, 6.45) is 1.58. The smallest absolute Gasteiger partial charge is 0.251 e. The lowest BCUT2D eigenvalue weighted by Crippen LogP contribution is -2.22. The Labute approximate surface area is 171 Å². The number of anilines is 1. The quantitative estimate of drug-likeness (QED) is 0.579. The Balaban J connectivity index is 1.49. The fourth-order valence-corrected chi connectivity index (χ4v) is 3.27. The summed E-state index contributed by atoms with van der Waals surface area (Å²) in [5.74, 6) is -0.143. The Morgan fingerprint density at radius 2 is 1.96 bits per heavy atom. The van der Waals surface area contributed by atoms with E-state index < -0.39 is 0 Å². The standard InChI is InChI=1S/C19H18ClN5O2S/c1-25-12-22-24-19(25)28-11-17(26)23-16-7-5-14(6-8-16)18(27)21-10-13-3-2-4-15(20)9-13/h2-9,12H,10-11H2,1H3,(H,21,27)(H,23,26). The molecule has 0 aliphatic rings. The molecule has 0 fully saturated rings. The molecular formula is C19H18ClN5O2S. The number of carbonyl (C=O) groups excluding carboxylic acids is 2. The second-order valence-electron chi connectivity index (χ2n) is 5.95. The summed E-state index contributed by atoms with van der Waals surface area (Å²) in [7, 11) is 1.82. The molecule has 2 N–H and O–H groups in total. The number of aryl methyl sites for hydroxylation is 1. The van der Waals surface area contributed by atoms with Crippen LogP contribution in [0.25, 0.3) is 0 Å². The average molecular weight is 416 g/mol. The van der Waals surface area contributed by atoms with Crippen molar-refractivity contribution < 1.29 is 9.59 Å². The number of hydrogen-bond donors (Lipinski definition) is 2. The molecule has 0 saturated carbocycles. The first kappa shape index (κ1) is 19.9. The Morgan fingerprint density at radius 3 is 2.64 bits per heavy atom. The van der Waals surface area contributed by atoms with Crippen molar-refractivity contribution in [1.29, 1.82) is 0 Å². The van der Waals surface area contributed by atoms with Crippen LogP contribution < -0.4 is 10.6 Å². The number of halogens is 1. The number of carbonyl (C=O) groups is 2. The van der Waals surface area contributed by atoms with Crippen LogP contribution in [0.3, 0.4) is 0 Å². The van der Waals surface area contributed by atoms with E-state index in [1.54, 1.807) is 47.3 Å². The SMILES string of the molecule is Cn1cnnc1SCC(=O)Nc1ccc(C(=O)NCc2cccc(Cl)c2)cc1. The molecule has 0 bridgehead atoms. The zero-order chi connectivity index (χ0) is 19.9. The van der Waals surface area contributed by atoms with Crippen LogP contribution in [0, 0.1) is 0 Å². The number of nitrogens with one attached hydrogen (secondary N) is 2. The van der Waals surface area contributed by atoms with Crippen molar-refractivity contribution in [3.05, 3.63) is 71.0 Å². The molecule has 28 heavy (non-hydrogen) atoms. The second-order valence-corrected chi connectivity index (χ2v) is 7.33. The molecule has 1 heterocycles. The van der Waals surface area contributed by atoms with Crippen LogP contribution in [0.2, 0.25) is 5.02 Å². The summed E-state index contributed by atoms with van der Waals surface area (Å²) in [4.78, 5) is 24.3. The van der Waals surface area contributed by atoms with Crippen LogP contribution >= 0.6 is 23.4 Å². The number of benzene rings is 2. The average Bonchev–Trinajstić information content (AvgIpc) is 3.10. The van der Waals surface area contributed by atoms with Gasteiger partial charge < -0.3 is 15.2 Å². The van der Waals surface area contributed by atoms with Crippen molar-refractivity contribution in [3.8, 4) is 0 Å². The van der Waals surface area contributed by atoms with E-state index in [2.05, 4.69) is 20.8 Å². The first-order valence-corrected chi connectivity index (χ1v) is 9.77. The van der Waals surface area contributed by atoms with E-state index in [-0.39, 0.29) is 17.6 Å². The fourth-order valence-electron chi connectivity index (χ4n) is 2.37. The van der Waals surface area contributed by atoms with Gasteiger partial charge in [0.1, 0.15) is 6.33 Å². The van der Waals surface area contributed by atoms with Gasteiger partial charge in [-0.15, -0.1) is 10.2 Å². The molecule has 0 atom stereocenters. The molecule has 2 amide bonds. The van der Waals surface area contributed by atoms with E-state index in [4.69, 9.17) is 11.6 Å². The van der Waals surface area contributed by atoms with Crippen LogP contribution in [0.15, 0.2) is 60.0 Å². The summed E-state index contributed by atoms with van der Waals surface area (Å²) in [6, 6.07) is 14.0. The highest BCUT2D eigenvalue weighted by molar-refractivity contribution is 7.99. The van der Waals surface area contributed by atoms with Gasteiger partial charge in [-0.05, 0) is 42.0 Å². The molecule has 0 radical (unpaired) electrons. The maximum Gasteiger partial charge on any atom is 0.251 e. The number of nitrogens with zero attached hydrogens (tertiary/aromatic N) is 3. The predicted octanol–water partition coefficient (Wildman–Crippen LogP) is 3.13. The third-order valence-corrected chi connectivity index (χ3v) is 5.04. The first-order chi connectivity index (χ1) is 13.5. The summed E-state index contributed by atoms with van der Waals surface area (Å²) in [5, 5.41) is 14.6. The molecule has 144 valence electrons. The van der Waals surface area contributed by atoms with Crippen molar-refractivity contribution in [2.24, 2.45) is 7.05 Å². The van der Waals surface area contributed by atoms with E-state index >= 15 is 0 Å². The van der Waals surface area contributed by atoms with Gasteiger partial charge >= 0.3 is 0 Å². The topological polar surface area (TPSA) is 88.9 Å². The molecule has 0 unspecified atom stereocenters. The van der Waals surface area contributed by atoms with Gasteiger partial charge in [0.2, 0.25) is 5.91 Å². The number of aromatic nitrogens is 3. The molecule has 1 aromatic heterocycles. The van der Waals surface area contributed by atoms with Crippen molar-refractivity contribution in [1.82, 2.24) is 20.1 Å². The van der Waals surface area contributed by atoms with Gasteiger partial charge in [-0.25, -0.2) is 0 Å². The van der Waals surface area contributed by atoms with E-state index in [9.17, 15) is 9.59 Å². The summed E-state index contributed by atoms with van der Waals surface area (Å²) in [5.41, 5.74) is 2.05. The number of amides is 2. The predicted molar refractivity (Wildman–Crippen MR) is 109 cm³/mol. The van der Waals surface area contributed by atoms with Crippen LogP contribution in [-0.4, -0.2) is 32.3 Å². The van der Waals surface area contributed by atoms with Gasteiger partial charge in [0, 0.05) is 29.9 Å². The molecule has 0 spiro atoms. The number of hydrogen-bond acceptors (Lipinski definition) is 5. The Morgan fingerprint density at radius 1 is 1.18 bits per heavy atom. The van der Waals surface area contributed by atoms with Gasteiger partial charge in [-0.2, -0.15) is 0 Å². The molecule has 0 aliphatic heterocycles. The van der Waals surface area contributed by atoms with Gasteiger partial charge in [-0.3, -0.25) is 9.59 Å². The van der Waals surface area contributed by atoms with E-state index in [0.717, 1.165) is 5.56 Å². The van der Waals surface area contributed by atoms with Crippen molar-refractivity contribution >= 4 is 40.9 Å². The molecular weight excluding hydrogens is 398 g/mol. The molecule has 3 rings (SSSR count). The largest absolute Gasteiger partial charge is 0.348 e. The van der Waals surface area contributed by atoms with Crippen LogP contribution in [-0.2, 0) is 18.4 Å². The minimum atomic E-state index is -0.198. The van der Waals surface area contributed by atoms with Gasteiger partial charge in [0.15, 0.2) is 5.16 Å². The third-order valence-electron chi connectivity index (χ3n) is 3.78. The molecule has 0 saturated heterocycles. The zero-order valence-electron chi connectivity index (χ0n) is 15.1. The minimum absolute atomic E-state index is 0.161. The third kappa shape index (κ3) is 5.58. The van der Waals surface area contributed by atoms with E-state index in [1.165, 1.54) is 11.8 Å². The van der Waals surface area contributed by atoms with E-state index in [1.807, 2.05) is 19.2 Å². The highest BCUT2D eigenvalue weighted by Crippen LogP contribution is 2.15. The molecule has 9 heteroatoms. The summed E-state index contributed by atoms with van der Waals surface area (Å²) >= 11 is 7.24. The summed E-state index contributed by atoms with van der Waals surface area (Å²) < 4.78 is 1.74. The zero-order valence-corrected chi connectivity index (χ0v) is 16.6. The second kappa shape index (κ2) is 9.38. The first-order valence-electron chi connectivity index (χ1n) is 8.40. The molecule has 7 nitrogen and oxygen atoms in total. The highest BCUT2D eigenvalue weighted by Gasteiger charge is 2.09. The maximum absolute atomic E-state index is 12.3. The lowest BCUT2D eigenvalue weighted by molar-refractivity contribution is -0.113. The molecule has 2 aromatic carbocycles. The van der Waals surface area contributed by atoms with Crippen LogP contribution in [0.4, 0.5) is 5.69 Å². The Bertz CT molecular complexity index is 974. The maximum atomic E-state index is 12.3. The highest BCUT2D eigenvalue weighted by atomic mass is 35.5. The van der Waals surface area contributed by atoms with Crippen LogP contribution in [0.5, 0.6) is 0 Å². The van der Waals surface area contributed by atoms with Crippen molar-refractivity contribution in [2.75, 3.05) is 11.1 Å². The van der Waals surface area contributed by atoms with Gasteiger partial charge in [0.25, 0.3) is 5.91 Å². The fraction of sp³-hybridized carbons (Fsp3) is 0.158. The normalized spacial score (nSPS) is 10.5. The summed E-state index contributed by atoms with van der Waals surface area (Å²) in [6.45, 7) is 0.386. The van der Waals surface area contributed by atoms with Crippen LogP contribution in [0.1, 0.15) is 15.9 Å². The lowest BCUT2D eigenvalue weighted by Gasteiger charge is -2.08. The number of thioether (sulfide) groups is 1. The number of rotatable bonds is 7. The van der Waals surface area contributed by atoms with Gasteiger partial charge in [-0.1, -0.05) is 35.5 Å². The minimum Gasteiger partial charge on any atom is -0.348 e. The Hall–Kier alpha value is -2.84. The molecule has 3 aromatic rings. The van der Waals surface area contributed by atoms with Crippen molar-refractivity contribution in [3.63, 3.8) is 0 Å². The molecule has 0 aliphatic carbocycles. The van der Waals surface area contributed by atoms with E-state index in [0.29, 0.717) is 28.0 Å². The monoisotopic (exact) mass is 415 g/mol.